The summed E-state index contributed by atoms with van der Waals surface area (Å²) in [5.41, 5.74) is 1.89. The van der Waals surface area contributed by atoms with Gasteiger partial charge in [0.2, 0.25) is 0 Å². The average molecular weight is 336 g/mol. The second-order valence-electron chi connectivity index (χ2n) is 5.79. The van der Waals surface area contributed by atoms with Gasteiger partial charge in [0.25, 0.3) is 5.91 Å². The number of esters is 1. The lowest BCUT2D eigenvalue weighted by Gasteiger charge is -2.16. The molecule has 0 fully saturated rings. The molecule has 0 bridgehead atoms. The lowest BCUT2D eigenvalue weighted by atomic mass is 10.0. The highest BCUT2D eigenvalue weighted by Crippen LogP contribution is 2.13. The first-order chi connectivity index (χ1) is 12.0. The summed E-state index contributed by atoms with van der Waals surface area (Å²) in [4.78, 5) is 24.1. The van der Waals surface area contributed by atoms with Crippen LogP contribution in [0.3, 0.4) is 0 Å². The highest BCUT2D eigenvalue weighted by atomic mass is 16.5. The molecule has 5 nitrogen and oxygen atoms in total. The van der Waals surface area contributed by atoms with Gasteiger partial charge < -0.3 is 10.1 Å². The number of benzene rings is 2. The van der Waals surface area contributed by atoms with E-state index in [1.807, 2.05) is 43.3 Å². The number of hydrogen-bond acceptors (Lipinski definition) is 4. The Balaban J connectivity index is 1.85. The maximum Gasteiger partial charge on any atom is 0.338 e. The van der Waals surface area contributed by atoms with E-state index in [2.05, 4.69) is 5.32 Å². The number of nitrogens with one attached hydrogen (secondary N) is 1. The van der Waals surface area contributed by atoms with Gasteiger partial charge in [-0.05, 0) is 42.7 Å². The molecule has 0 saturated carbocycles. The summed E-state index contributed by atoms with van der Waals surface area (Å²) in [6.45, 7) is 4.01. The van der Waals surface area contributed by atoms with Crippen LogP contribution in [0, 0.1) is 11.3 Å². The highest BCUT2D eigenvalue weighted by Gasteiger charge is 2.19. The largest absolute Gasteiger partial charge is 0.449 e. The monoisotopic (exact) mass is 336 g/mol. The van der Waals surface area contributed by atoms with Gasteiger partial charge in [0, 0.05) is 6.54 Å². The van der Waals surface area contributed by atoms with Crippen molar-refractivity contribution >= 4 is 11.9 Å². The predicted molar refractivity (Wildman–Crippen MR) is 93.9 cm³/mol. The van der Waals surface area contributed by atoms with Crippen LogP contribution in [0.1, 0.15) is 41.3 Å². The van der Waals surface area contributed by atoms with Gasteiger partial charge in [-0.25, -0.2) is 4.79 Å². The van der Waals surface area contributed by atoms with Crippen molar-refractivity contribution in [3.05, 3.63) is 71.3 Å². The number of carbonyl (C=O) groups excluding carboxylic acids is 2. The molecule has 1 amide bonds. The number of carbonyl (C=O) groups is 2. The summed E-state index contributed by atoms with van der Waals surface area (Å²) in [6.07, 6.45) is -0.897. The van der Waals surface area contributed by atoms with Gasteiger partial charge in [-0.3, -0.25) is 4.79 Å². The number of nitriles is 1. The van der Waals surface area contributed by atoms with E-state index in [4.69, 9.17) is 10.00 Å². The molecule has 5 heteroatoms. The van der Waals surface area contributed by atoms with Gasteiger partial charge in [-0.15, -0.1) is 0 Å². The summed E-state index contributed by atoms with van der Waals surface area (Å²) < 4.78 is 5.18. The van der Waals surface area contributed by atoms with E-state index >= 15 is 0 Å². The van der Waals surface area contributed by atoms with Gasteiger partial charge in [-0.1, -0.05) is 37.3 Å². The molecule has 25 heavy (non-hydrogen) atoms. The van der Waals surface area contributed by atoms with Gasteiger partial charge >= 0.3 is 5.97 Å². The zero-order valence-electron chi connectivity index (χ0n) is 14.2. The fourth-order valence-corrected chi connectivity index (χ4v) is 2.26. The maximum atomic E-state index is 12.1. The number of ether oxygens (including phenoxy) is 1. The minimum absolute atomic E-state index is 0.159. The Hall–Kier alpha value is -3.13. The molecule has 0 saturated heterocycles. The lowest BCUT2D eigenvalue weighted by Crippen LogP contribution is -2.37. The Morgan fingerprint density at radius 2 is 1.72 bits per heavy atom. The Morgan fingerprint density at radius 1 is 1.08 bits per heavy atom. The summed E-state index contributed by atoms with van der Waals surface area (Å²) in [6, 6.07) is 17.9. The summed E-state index contributed by atoms with van der Waals surface area (Å²) in [5.74, 6) is -0.778. The third-order valence-electron chi connectivity index (χ3n) is 3.85. The molecular formula is C20H20N2O3. The highest BCUT2D eigenvalue weighted by molar-refractivity contribution is 5.92. The van der Waals surface area contributed by atoms with E-state index in [9.17, 15) is 9.59 Å². The molecule has 1 N–H and O–H groups in total. The number of rotatable bonds is 6. The molecule has 0 aromatic heterocycles. The van der Waals surface area contributed by atoms with E-state index in [0.29, 0.717) is 17.7 Å². The number of hydrogen-bond donors (Lipinski definition) is 1. The standard InChI is InChI=1S/C20H20N2O3/c1-14(17-6-4-3-5-7-17)13-22-19(23)15(2)25-20(24)18-10-8-16(12-21)9-11-18/h3-11,14-15H,13H2,1-2H3,(H,22,23)/t14-,15+/m0/s1. The summed E-state index contributed by atoms with van der Waals surface area (Å²) in [7, 11) is 0. The third-order valence-corrected chi connectivity index (χ3v) is 3.85. The topological polar surface area (TPSA) is 79.2 Å². The Labute approximate surface area is 147 Å². The van der Waals surface area contributed by atoms with Crippen LogP contribution in [0.15, 0.2) is 54.6 Å². The zero-order chi connectivity index (χ0) is 18.2. The molecule has 0 heterocycles. The Kier molecular flexibility index (Phi) is 6.30. The van der Waals surface area contributed by atoms with Crippen LogP contribution in [0.2, 0.25) is 0 Å². The smallest absolute Gasteiger partial charge is 0.338 e. The van der Waals surface area contributed by atoms with Crippen LogP contribution in [-0.4, -0.2) is 24.5 Å². The first kappa shape index (κ1) is 18.2. The van der Waals surface area contributed by atoms with Crippen molar-refractivity contribution in [1.29, 1.82) is 5.26 Å². The zero-order valence-corrected chi connectivity index (χ0v) is 14.2. The van der Waals surface area contributed by atoms with Crippen LogP contribution in [-0.2, 0) is 9.53 Å². The van der Waals surface area contributed by atoms with Gasteiger partial charge in [0.1, 0.15) is 0 Å². The van der Waals surface area contributed by atoms with Crippen LogP contribution < -0.4 is 5.32 Å². The Bertz CT molecular complexity index is 764. The van der Waals surface area contributed by atoms with Crippen molar-refractivity contribution < 1.29 is 14.3 Å². The van der Waals surface area contributed by atoms with Crippen LogP contribution in [0.5, 0.6) is 0 Å². The fourth-order valence-electron chi connectivity index (χ4n) is 2.26. The summed E-state index contributed by atoms with van der Waals surface area (Å²) >= 11 is 0. The quantitative estimate of drug-likeness (QED) is 0.822. The molecule has 0 aliphatic carbocycles. The third kappa shape index (κ3) is 5.18. The molecule has 128 valence electrons. The minimum atomic E-state index is -0.897. The molecule has 0 unspecified atom stereocenters. The molecular weight excluding hydrogens is 316 g/mol. The number of amides is 1. The van der Waals surface area contributed by atoms with Crippen LogP contribution in [0.4, 0.5) is 0 Å². The number of nitrogens with zero attached hydrogens (tertiary/aromatic N) is 1. The first-order valence-corrected chi connectivity index (χ1v) is 8.05. The van der Waals surface area contributed by atoms with Crippen LogP contribution >= 0.6 is 0 Å². The van der Waals surface area contributed by atoms with E-state index in [0.717, 1.165) is 5.56 Å². The molecule has 0 aliphatic heterocycles. The molecule has 2 aromatic rings. The minimum Gasteiger partial charge on any atom is -0.449 e. The van der Waals surface area contributed by atoms with Crippen molar-refractivity contribution in [2.24, 2.45) is 0 Å². The van der Waals surface area contributed by atoms with E-state index in [1.165, 1.54) is 31.2 Å². The van der Waals surface area contributed by atoms with Crippen molar-refractivity contribution in [3.8, 4) is 6.07 Å². The molecule has 0 spiro atoms. The second-order valence-corrected chi connectivity index (χ2v) is 5.79. The van der Waals surface area contributed by atoms with Crippen LogP contribution in [0.25, 0.3) is 0 Å². The van der Waals surface area contributed by atoms with Crippen molar-refractivity contribution in [2.45, 2.75) is 25.9 Å². The van der Waals surface area contributed by atoms with E-state index in [-0.39, 0.29) is 11.8 Å². The van der Waals surface area contributed by atoms with Crippen molar-refractivity contribution in [2.75, 3.05) is 6.54 Å². The van der Waals surface area contributed by atoms with Crippen molar-refractivity contribution in [1.82, 2.24) is 5.32 Å². The second kappa shape index (κ2) is 8.65. The SMILES string of the molecule is C[C@@H](OC(=O)c1ccc(C#N)cc1)C(=O)NC[C@H](C)c1ccccc1. The maximum absolute atomic E-state index is 12.1. The normalized spacial score (nSPS) is 12.5. The van der Waals surface area contributed by atoms with Gasteiger partial charge in [0.15, 0.2) is 6.10 Å². The van der Waals surface area contributed by atoms with Gasteiger partial charge in [0.05, 0.1) is 17.2 Å². The lowest BCUT2D eigenvalue weighted by molar-refractivity contribution is -0.129. The van der Waals surface area contributed by atoms with E-state index in [1.54, 1.807) is 0 Å². The summed E-state index contributed by atoms with van der Waals surface area (Å²) in [5, 5.41) is 11.5. The molecule has 2 rings (SSSR count). The van der Waals surface area contributed by atoms with Gasteiger partial charge in [-0.2, -0.15) is 5.26 Å². The van der Waals surface area contributed by atoms with Crippen molar-refractivity contribution in [3.63, 3.8) is 0 Å². The Morgan fingerprint density at radius 3 is 2.32 bits per heavy atom. The molecule has 2 aromatic carbocycles. The fraction of sp³-hybridized carbons (Fsp3) is 0.250. The molecule has 0 radical (unpaired) electrons. The van der Waals surface area contributed by atoms with E-state index < -0.39 is 12.1 Å². The average Bonchev–Trinajstić information content (AvgIpc) is 2.66. The molecule has 0 aliphatic rings. The predicted octanol–water partition coefficient (Wildman–Crippen LogP) is 3.02. The first-order valence-electron chi connectivity index (χ1n) is 8.05. The molecule has 2 atom stereocenters.